The summed E-state index contributed by atoms with van der Waals surface area (Å²) in [6.07, 6.45) is 0. The molecule has 1 atom stereocenters. The molecule has 1 heterocycles. The Hall–Kier alpha value is -0.610. The molecule has 0 aromatic carbocycles. The fourth-order valence-corrected chi connectivity index (χ4v) is 1.09. The van der Waals surface area contributed by atoms with E-state index in [1.165, 1.54) is 6.92 Å². The van der Waals surface area contributed by atoms with Gasteiger partial charge in [-0.1, -0.05) is 0 Å². The Morgan fingerprint density at radius 1 is 1.73 bits per heavy atom. The highest BCUT2D eigenvalue weighted by molar-refractivity contribution is 5.73. The normalized spacial score (nSPS) is 25.7. The first-order valence-corrected chi connectivity index (χ1v) is 3.84. The summed E-state index contributed by atoms with van der Waals surface area (Å²) in [4.78, 5) is 10.6. The summed E-state index contributed by atoms with van der Waals surface area (Å²) in [6.45, 7) is 4.54. The van der Waals surface area contributed by atoms with Gasteiger partial charge in [-0.05, 0) is 0 Å². The third-order valence-electron chi connectivity index (χ3n) is 1.54. The maximum Gasteiger partial charge on any atom is 0.217 e. The largest absolute Gasteiger partial charge is 0.378 e. The minimum atomic E-state index is 0.00213. The van der Waals surface area contributed by atoms with Crippen LogP contribution in [0.4, 0.5) is 0 Å². The van der Waals surface area contributed by atoms with Gasteiger partial charge in [-0.3, -0.25) is 4.79 Å². The molecule has 1 aliphatic rings. The fraction of sp³-hybridized carbons (Fsp3) is 0.857. The van der Waals surface area contributed by atoms with Crippen LogP contribution in [0, 0.1) is 0 Å². The second-order valence-corrected chi connectivity index (χ2v) is 2.68. The highest BCUT2D eigenvalue weighted by Crippen LogP contribution is 1.89. The zero-order valence-electron chi connectivity index (χ0n) is 6.72. The van der Waals surface area contributed by atoms with Crippen LogP contribution in [-0.4, -0.2) is 38.3 Å². The molecule has 4 nitrogen and oxygen atoms in total. The molecule has 1 rings (SSSR count). The number of carbonyl (C=O) groups is 1. The van der Waals surface area contributed by atoms with E-state index in [0.29, 0.717) is 6.61 Å². The first-order valence-electron chi connectivity index (χ1n) is 3.84. The summed E-state index contributed by atoms with van der Waals surface area (Å²) in [5.41, 5.74) is 0. The van der Waals surface area contributed by atoms with E-state index in [9.17, 15) is 4.79 Å². The van der Waals surface area contributed by atoms with E-state index in [0.717, 1.165) is 19.7 Å². The Morgan fingerprint density at radius 3 is 3.27 bits per heavy atom. The zero-order valence-corrected chi connectivity index (χ0v) is 6.72. The molecule has 4 heteroatoms. The summed E-state index contributed by atoms with van der Waals surface area (Å²) in [7, 11) is 0. The van der Waals surface area contributed by atoms with Crippen LogP contribution < -0.4 is 10.6 Å². The van der Waals surface area contributed by atoms with Gasteiger partial charge in [-0.15, -0.1) is 0 Å². The summed E-state index contributed by atoms with van der Waals surface area (Å²) < 4.78 is 5.23. The standard InChI is InChI=1S/C7H14N2O2/c1-6(10)9-7-4-8-2-3-11-5-7/h7-8H,2-5H2,1H3,(H,9,10). The second kappa shape index (κ2) is 4.31. The Bertz CT molecular complexity index is 130. The predicted molar refractivity (Wildman–Crippen MR) is 41.3 cm³/mol. The van der Waals surface area contributed by atoms with Gasteiger partial charge in [-0.25, -0.2) is 0 Å². The first kappa shape index (κ1) is 8.49. The average molecular weight is 158 g/mol. The smallest absolute Gasteiger partial charge is 0.217 e. The van der Waals surface area contributed by atoms with Gasteiger partial charge in [0.25, 0.3) is 0 Å². The third kappa shape index (κ3) is 3.34. The summed E-state index contributed by atoms with van der Waals surface area (Å²) in [5, 5.41) is 5.96. The lowest BCUT2D eigenvalue weighted by atomic mass is 10.3. The maximum atomic E-state index is 10.6. The molecule has 1 amide bonds. The molecule has 0 saturated carbocycles. The van der Waals surface area contributed by atoms with Gasteiger partial charge in [-0.2, -0.15) is 0 Å². The van der Waals surface area contributed by atoms with Crippen molar-refractivity contribution in [3.05, 3.63) is 0 Å². The predicted octanol–water partition coefficient (Wildman–Crippen LogP) is -0.889. The topological polar surface area (TPSA) is 50.4 Å². The molecule has 0 radical (unpaired) electrons. The number of ether oxygens (including phenoxy) is 1. The van der Waals surface area contributed by atoms with Gasteiger partial charge in [0.05, 0.1) is 19.3 Å². The van der Waals surface area contributed by atoms with Crippen molar-refractivity contribution < 1.29 is 9.53 Å². The van der Waals surface area contributed by atoms with Crippen LogP contribution in [0.5, 0.6) is 0 Å². The number of nitrogens with one attached hydrogen (secondary N) is 2. The maximum absolute atomic E-state index is 10.6. The van der Waals surface area contributed by atoms with Gasteiger partial charge >= 0.3 is 0 Å². The molecule has 0 aromatic rings. The number of carbonyl (C=O) groups excluding carboxylic acids is 1. The van der Waals surface area contributed by atoms with E-state index in [-0.39, 0.29) is 11.9 Å². The van der Waals surface area contributed by atoms with Crippen molar-refractivity contribution in [1.29, 1.82) is 0 Å². The SMILES string of the molecule is CC(=O)NC1CNCCOC1. The van der Waals surface area contributed by atoms with Crippen LogP contribution >= 0.6 is 0 Å². The van der Waals surface area contributed by atoms with Crippen molar-refractivity contribution >= 4 is 5.91 Å². The lowest BCUT2D eigenvalue weighted by Gasteiger charge is -2.13. The molecule has 11 heavy (non-hydrogen) atoms. The third-order valence-corrected chi connectivity index (χ3v) is 1.54. The van der Waals surface area contributed by atoms with Crippen molar-refractivity contribution in [2.24, 2.45) is 0 Å². The molecule has 0 aliphatic carbocycles. The van der Waals surface area contributed by atoms with E-state index >= 15 is 0 Å². The van der Waals surface area contributed by atoms with Crippen molar-refractivity contribution in [3.63, 3.8) is 0 Å². The number of hydrogen-bond acceptors (Lipinski definition) is 3. The van der Waals surface area contributed by atoms with E-state index in [2.05, 4.69) is 10.6 Å². The van der Waals surface area contributed by atoms with Crippen molar-refractivity contribution in [1.82, 2.24) is 10.6 Å². The lowest BCUT2D eigenvalue weighted by Crippen LogP contribution is -2.42. The summed E-state index contributed by atoms with van der Waals surface area (Å²) >= 11 is 0. The summed E-state index contributed by atoms with van der Waals surface area (Å²) in [5.74, 6) is 0.00213. The van der Waals surface area contributed by atoms with Gasteiger partial charge in [0, 0.05) is 20.0 Å². The molecule has 64 valence electrons. The molecule has 1 unspecified atom stereocenters. The Balaban J connectivity index is 2.25. The number of rotatable bonds is 1. The molecule has 0 aromatic heterocycles. The van der Waals surface area contributed by atoms with Gasteiger partial charge < -0.3 is 15.4 Å². The van der Waals surface area contributed by atoms with Crippen molar-refractivity contribution in [3.8, 4) is 0 Å². The van der Waals surface area contributed by atoms with E-state index < -0.39 is 0 Å². The Kier molecular flexibility index (Phi) is 3.32. The monoisotopic (exact) mass is 158 g/mol. The van der Waals surface area contributed by atoms with Crippen LogP contribution in [-0.2, 0) is 9.53 Å². The fourth-order valence-electron chi connectivity index (χ4n) is 1.09. The minimum Gasteiger partial charge on any atom is -0.378 e. The molecule has 1 aliphatic heterocycles. The molecular formula is C7H14N2O2. The van der Waals surface area contributed by atoms with Crippen LogP contribution in [0.15, 0.2) is 0 Å². The molecule has 1 saturated heterocycles. The molecule has 0 spiro atoms. The molecule has 1 fully saturated rings. The minimum absolute atomic E-state index is 0.00213. The number of amides is 1. The van der Waals surface area contributed by atoms with Crippen LogP contribution in [0.3, 0.4) is 0 Å². The zero-order chi connectivity index (χ0) is 8.10. The van der Waals surface area contributed by atoms with Gasteiger partial charge in [0.2, 0.25) is 5.91 Å². The number of hydrogen-bond donors (Lipinski definition) is 2. The van der Waals surface area contributed by atoms with E-state index in [1.807, 2.05) is 0 Å². The molecular weight excluding hydrogens is 144 g/mol. The van der Waals surface area contributed by atoms with Gasteiger partial charge in [0.1, 0.15) is 0 Å². The molecule has 0 bridgehead atoms. The van der Waals surface area contributed by atoms with E-state index in [1.54, 1.807) is 0 Å². The first-order chi connectivity index (χ1) is 5.29. The Labute approximate surface area is 66.3 Å². The van der Waals surface area contributed by atoms with Crippen LogP contribution in [0.25, 0.3) is 0 Å². The second-order valence-electron chi connectivity index (χ2n) is 2.68. The average Bonchev–Trinajstić information content (AvgIpc) is 2.14. The quantitative estimate of drug-likeness (QED) is 0.520. The lowest BCUT2D eigenvalue weighted by molar-refractivity contribution is -0.119. The molecule has 2 N–H and O–H groups in total. The van der Waals surface area contributed by atoms with Crippen molar-refractivity contribution in [2.75, 3.05) is 26.3 Å². The van der Waals surface area contributed by atoms with E-state index in [4.69, 9.17) is 4.74 Å². The van der Waals surface area contributed by atoms with Crippen LogP contribution in [0.2, 0.25) is 0 Å². The van der Waals surface area contributed by atoms with Crippen molar-refractivity contribution in [2.45, 2.75) is 13.0 Å². The highest BCUT2D eigenvalue weighted by atomic mass is 16.5. The van der Waals surface area contributed by atoms with Crippen LogP contribution in [0.1, 0.15) is 6.92 Å². The summed E-state index contributed by atoms with van der Waals surface area (Å²) in [6, 6.07) is 0.134. The Morgan fingerprint density at radius 2 is 2.55 bits per heavy atom. The van der Waals surface area contributed by atoms with Gasteiger partial charge in [0.15, 0.2) is 0 Å². The highest BCUT2D eigenvalue weighted by Gasteiger charge is 2.11.